The Morgan fingerprint density at radius 2 is 1.12 bits per heavy atom. The van der Waals surface area contributed by atoms with Gasteiger partial charge in [-0.15, -0.1) is 0 Å². The predicted molar refractivity (Wildman–Crippen MR) is 80.0 cm³/mol. The lowest BCUT2D eigenvalue weighted by Crippen LogP contribution is -2.43. The molecule has 0 bridgehead atoms. The third kappa shape index (κ3) is 3.73. The van der Waals surface area contributed by atoms with Crippen LogP contribution in [0.25, 0.3) is 0 Å². The van der Waals surface area contributed by atoms with Gasteiger partial charge in [0.1, 0.15) is 0 Å². The normalized spacial score (nSPS) is 26.8. The number of rotatable bonds is 1. The van der Waals surface area contributed by atoms with Gasteiger partial charge in [0.25, 0.3) is 0 Å². The molecular weight excluding hydrogens is 211 g/mol. The maximum Gasteiger partial charge on any atom is -0.0141 e. The van der Waals surface area contributed by atoms with E-state index in [2.05, 4.69) is 48.5 Å². The van der Waals surface area contributed by atoms with Gasteiger partial charge in [0.05, 0.1) is 0 Å². The van der Waals surface area contributed by atoms with Crippen molar-refractivity contribution >= 4 is 7.92 Å². The highest BCUT2D eigenvalue weighted by atomic mass is 31.1. The Kier molecular flexibility index (Phi) is 5.53. The zero-order valence-electron chi connectivity index (χ0n) is 13.1. The molecule has 0 amide bonds. The van der Waals surface area contributed by atoms with Crippen LogP contribution in [0.3, 0.4) is 0 Å². The lowest BCUT2D eigenvalue weighted by atomic mass is 9.76. The van der Waals surface area contributed by atoms with Crippen LogP contribution in [0.1, 0.15) is 75.2 Å². The third-order valence-electron chi connectivity index (χ3n) is 3.60. The molecule has 1 aliphatic rings. The summed E-state index contributed by atoms with van der Waals surface area (Å²) in [5, 5.41) is 1.16. The Morgan fingerprint density at radius 1 is 0.812 bits per heavy atom. The molecule has 0 aromatic heterocycles. The molecule has 1 fully saturated rings. The van der Waals surface area contributed by atoms with Crippen LogP contribution in [-0.2, 0) is 0 Å². The second kappa shape index (κ2) is 5.38. The van der Waals surface area contributed by atoms with Gasteiger partial charge in [0.2, 0.25) is 0 Å². The van der Waals surface area contributed by atoms with Crippen LogP contribution in [-0.4, -0.2) is 16.5 Å². The molecule has 0 radical (unpaired) electrons. The molecule has 0 aromatic carbocycles. The van der Waals surface area contributed by atoms with Gasteiger partial charge in [-0.2, -0.15) is 0 Å². The van der Waals surface area contributed by atoms with Gasteiger partial charge in [-0.25, -0.2) is 0 Å². The fourth-order valence-electron chi connectivity index (χ4n) is 4.27. The summed E-state index contributed by atoms with van der Waals surface area (Å²) in [6.07, 6.45) is 4.21. The second-order valence-electron chi connectivity index (χ2n) is 6.89. The summed E-state index contributed by atoms with van der Waals surface area (Å²) in [5.74, 6) is 0. The summed E-state index contributed by atoms with van der Waals surface area (Å²) in [5.41, 5.74) is 0.543. The Balaban J connectivity index is 0.00000106. The van der Waals surface area contributed by atoms with E-state index in [9.17, 15) is 0 Å². The topological polar surface area (TPSA) is 0 Å². The van der Waals surface area contributed by atoms with Crippen molar-refractivity contribution in [1.29, 1.82) is 0 Å². The molecule has 0 aromatic rings. The van der Waals surface area contributed by atoms with Gasteiger partial charge in [0, 0.05) is 0 Å². The van der Waals surface area contributed by atoms with Crippen LogP contribution in [0.2, 0.25) is 0 Å². The molecule has 0 nitrogen and oxygen atoms in total. The summed E-state index contributed by atoms with van der Waals surface area (Å²) in [6, 6.07) is 0. The number of hydrogen-bond acceptors (Lipinski definition) is 0. The van der Waals surface area contributed by atoms with Crippen molar-refractivity contribution in [2.24, 2.45) is 5.41 Å². The maximum atomic E-state index is 2.49. The first-order valence-corrected chi connectivity index (χ1v) is 8.41. The summed E-state index contributed by atoms with van der Waals surface area (Å²) in [4.78, 5) is 0. The fourth-order valence-corrected chi connectivity index (χ4v) is 8.86. The fraction of sp³-hybridized carbons (Fsp3) is 1.00. The number of hydrogen-bond donors (Lipinski definition) is 0. The monoisotopic (exact) mass is 244 g/mol. The molecule has 0 N–H and O–H groups in total. The minimum atomic E-state index is 0.186. The Hall–Kier alpha value is 0.430. The zero-order chi connectivity index (χ0) is 13.2. The molecular formula is C15H33P. The molecule has 0 spiro atoms. The average Bonchev–Trinajstić information content (AvgIpc) is 2.00. The van der Waals surface area contributed by atoms with Gasteiger partial charge >= 0.3 is 0 Å². The van der Waals surface area contributed by atoms with E-state index in [1.807, 2.05) is 13.8 Å². The molecule has 1 rings (SSSR count). The van der Waals surface area contributed by atoms with Crippen molar-refractivity contribution in [3.05, 3.63) is 0 Å². The van der Waals surface area contributed by atoms with Gasteiger partial charge in [-0.1, -0.05) is 70.2 Å². The lowest BCUT2D eigenvalue weighted by Gasteiger charge is -2.55. The van der Waals surface area contributed by atoms with Crippen LogP contribution in [0, 0.1) is 5.41 Å². The maximum absolute atomic E-state index is 2.49. The van der Waals surface area contributed by atoms with Gasteiger partial charge in [-0.3, -0.25) is 0 Å². The van der Waals surface area contributed by atoms with Crippen molar-refractivity contribution < 1.29 is 0 Å². The summed E-state index contributed by atoms with van der Waals surface area (Å²) < 4.78 is 0. The summed E-state index contributed by atoms with van der Waals surface area (Å²) in [7, 11) is 0.186. The third-order valence-corrected chi connectivity index (χ3v) is 7.47. The standard InChI is InChI=1S/C13H27P.C2H6/c1-8-14-12(4,5)9-11(2,3)10-13(14,6)7;1-2/h8-10H2,1-7H3;1-2H3. The molecule has 16 heavy (non-hydrogen) atoms. The molecule has 0 unspecified atom stereocenters. The van der Waals surface area contributed by atoms with Crippen molar-refractivity contribution in [1.82, 2.24) is 0 Å². The van der Waals surface area contributed by atoms with E-state index in [0.717, 1.165) is 0 Å². The van der Waals surface area contributed by atoms with E-state index in [1.54, 1.807) is 0 Å². The van der Waals surface area contributed by atoms with Crippen LogP contribution in [0.5, 0.6) is 0 Å². The Labute approximate surface area is 105 Å². The van der Waals surface area contributed by atoms with Crippen molar-refractivity contribution in [3.8, 4) is 0 Å². The molecule has 1 saturated heterocycles. The van der Waals surface area contributed by atoms with E-state index in [1.165, 1.54) is 19.0 Å². The minimum Gasteiger partial charge on any atom is -0.0953 e. The highest BCUT2D eigenvalue weighted by Gasteiger charge is 2.48. The Bertz CT molecular complexity index is 193. The molecule has 0 atom stereocenters. The molecule has 0 saturated carbocycles. The first kappa shape index (κ1) is 16.4. The van der Waals surface area contributed by atoms with Crippen LogP contribution < -0.4 is 0 Å². The molecule has 1 heteroatoms. The molecule has 98 valence electrons. The predicted octanol–water partition coefficient (Wildman–Crippen LogP) is 5.89. The van der Waals surface area contributed by atoms with E-state index < -0.39 is 0 Å². The highest BCUT2D eigenvalue weighted by Crippen LogP contribution is 2.68. The smallest absolute Gasteiger partial charge is 0.0141 e. The Morgan fingerprint density at radius 3 is 1.38 bits per heavy atom. The van der Waals surface area contributed by atoms with Crippen LogP contribution in [0.15, 0.2) is 0 Å². The average molecular weight is 244 g/mol. The molecule has 1 aliphatic heterocycles. The largest absolute Gasteiger partial charge is 0.0953 e. The minimum absolute atomic E-state index is 0.186. The van der Waals surface area contributed by atoms with Crippen molar-refractivity contribution in [2.45, 2.75) is 85.5 Å². The molecule has 0 aliphatic carbocycles. The summed E-state index contributed by atoms with van der Waals surface area (Å²) in [6.45, 7) is 21.2. The van der Waals surface area contributed by atoms with Gasteiger partial charge < -0.3 is 0 Å². The lowest BCUT2D eigenvalue weighted by molar-refractivity contribution is 0.229. The quantitative estimate of drug-likeness (QED) is 0.504. The van der Waals surface area contributed by atoms with Crippen molar-refractivity contribution in [3.63, 3.8) is 0 Å². The SMILES string of the molecule is CC.CCP1C(C)(C)CC(C)(C)CC1(C)C. The van der Waals surface area contributed by atoms with Crippen molar-refractivity contribution in [2.75, 3.05) is 6.16 Å². The first-order valence-electron chi connectivity index (χ1n) is 6.88. The summed E-state index contributed by atoms with van der Waals surface area (Å²) >= 11 is 0. The molecule has 1 heterocycles. The van der Waals surface area contributed by atoms with E-state index >= 15 is 0 Å². The first-order chi connectivity index (χ1) is 7.11. The van der Waals surface area contributed by atoms with E-state index in [-0.39, 0.29) is 7.92 Å². The van der Waals surface area contributed by atoms with Crippen LogP contribution in [0.4, 0.5) is 0 Å². The van der Waals surface area contributed by atoms with Gasteiger partial charge in [-0.05, 0) is 34.7 Å². The van der Waals surface area contributed by atoms with Crippen LogP contribution >= 0.6 is 7.92 Å². The second-order valence-corrected chi connectivity index (χ2v) is 10.8. The van der Waals surface area contributed by atoms with E-state index in [0.29, 0.717) is 15.7 Å². The highest BCUT2D eigenvalue weighted by molar-refractivity contribution is 7.60. The van der Waals surface area contributed by atoms with Gasteiger partial charge in [0.15, 0.2) is 0 Å². The van der Waals surface area contributed by atoms with E-state index in [4.69, 9.17) is 0 Å². The zero-order valence-corrected chi connectivity index (χ0v) is 14.0.